The first-order chi connectivity index (χ1) is 29.7. The Morgan fingerprint density at radius 1 is 0.951 bits per heavy atom. The molecule has 5 amide bonds. The van der Waals surface area contributed by atoms with Crippen LogP contribution in [-0.2, 0) is 27.3 Å². The maximum atomic E-state index is 13.1. The Balaban J connectivity index is 0.692. The van der Waals surface area contributed by atoms with Crippen molar-refractivity contribution in [1.29, 1.82) is 0 Å². The zero-order valence-electron chi connectivity index (χ0n) is 34.5. The predicted octanol–water partition coefficient (Wildman–Crippen LogP) is 4.97. The van der Waals surface area contributed by atoms with Crippen LogP contribution < -0.4 is 20.9 Å². The maximum Gasteiger partial charge on any atom is 0.323 e. The van der Waals surface area contributed by atoms with Gasteiger partial charge >= 0.3 is 6.03 Å². The van der Waals surface area contributed by atoms with E-state index in [9.17, 15) is 19.2 Å². The van der Waals surface area contributed by atoms with Crippen LogP contribution in [0.1, 0.15) is 96.2 Å². The van der Waals surface area contributed by atoms with Gasteiger partial charge in [-0.1, -0.05) is 18.0 Å². The summed E-state index contributed by atoms with van der Waals surface area (Å²) in [5.41, 5.74) is 7.41. The molecule has 0 aliphatic carbocycles. The number of urea groups is 1. The zero-order chi connectivity index (χ0) is 42.0. The van der Waals surface area contributed by atoms with Crippen LogP contribution in [0.3, 0.4) is 0 Å². The fraction of sp³-hybridized carbons (Fsp3) is 0.465. The van der Waals surface area contributed by atoms with Crippen LogP contribution in [0.4, 0.5) is 21.9 Å². The van der Waals surface area contributed by atoms with E-state index < -0.39 is 12.1 Å². The molecule has 4 aromatic heterocycles. The number of carbonyl (C=O) groups is 4. The molecule has 8 heterocycles. The van der Waals surface area contributed by atoms with Gasteiger partial charge in [-0.2, -0.15) is 10.1 Å². The van der Waals surface area contributed by atoms with Crippen LogP contribution in [0.5, 0.6) is 0 Å². The second-order valence-corrected chi connectivity index (χ2v) is 16.3. The number of carbonyl (C=O) groups excluding carboxylic acids is 4. The summed E-state index contributed by atoms with van der Waals surface area (Å²) in [4.78, 5) is 70.4. The molecule has 4 aliphatic rings. The third-order valence-corrected chi connectivity index (χ3v) is 12.0. The number of hydrogen-bond donors (Lipinski definition) is 3. The number of pyridine rings is 1. The van der Waals surface area contributed by atoms with Gasteiger partial charge in [-0.25, -0.2) is 14.3 Å². The number of nitrogens with zero attached hydrogens (tertiary/aromatic N) is 9. The minimum Gasteiger partial charge on any atom is -0.372 e. The van der Waals surface area contributed by atoms with Crippen molar-refractivity contribution >= 4 is 46.5 Å². The average molecular weight is 831 g/mol. The molecule has 3 saturated heterocycles. The van der Waals surface area contributed by atoms with Gasteiger partial charge in [0, 0.05) is 69.5 Å². The number of piperidine rings is 1. The van der Waals surface area contributed by atoms with E-state index in [4.69, 9.17) is 9.26 Å². The Kier molecular flexibility index (Phi) is 11.4. The Bertz CT molecular complexity index is 2470. The van der Waals surface area contributed by atoms with Crippen LogP contribution in [0.25, 0.3) is 17.2 Å². The Hall–Kier alpha value is -6.27. The Morgan fingerprint density at radius 3 is 2.61 bits per heavy atom. The molecule has 4 aliphatic heterocycles. The number of unbranched alkanes of at least 4 members (excludes halogenated alkanes) is 3. The predicted molar refractivity (Wildman–Crippen MR) is 224 cm³/mol. The highest BCUT2D eigenvalue weighted by Crippen LogP contribution is 2.34. The SMILES string of the molecule is Cc1cc2ncc(NC(=O)Nc3cnc(-c4noc(CCCCCCN5CCN(c6ccc7c(c6)CN(C6CCC(=O)NC6=O)C7=O)CC5)n4)c(C)c3)c(C3CCCO3)n2n1. The molecule has 18 heteroatoms. The van der Waals surface area contributed by atoms with E-state index in [1.807, 2.05) is 38.1 Å². The van der Waals surface area contributed by atoms with E-state index in [2.05, 4.69) is 57.0 Å². The van der Waals surface area contributed by atoms with Crippen molar-refractivity contribution in [3.8, 4) is 11.5 Å². The van der Waals surface area contributed by atoms with Gasteiger partial charge < -0.3 is 29.7 Å². The molecule has 2 atom stereocenters. The second kappa shape index (κ2) is 17.4. The van der Waals surface area contributed by atoms with E-state index in [1.54, 1.807) is 21.8 Å². The van der Waals surface area contributed by atoms with Crippen LogP contribution in [-0.4, -0.2) is 109 Å². The number of hydrogen-bond acceptors (Lipinski definition) is 13. The molecule has 61 heavy (non-hydrogen) atoms. The zero-order valence-corrected chi connectivity index (χ0v) is 34.5. The lowest BCUT2D eigenvalue weighted by Gasteiger charge is -2.36. The summed E-state index contributed by atoms with van der Waals surface area (Å²) < 4.78 is 13.3. The lowest BCUT2D eigenvalue weighted by molar-refractivity contribution is -0.136. The number of amides is 5. The molecule has 5 aromatic rings. The van der Waals surface area contributed by atoms with Crippen molar-refractivity contribution in [1.82, 2.24) is 44.8 Å². The van der Waals surface area contributed by atoms with Crippen LogP contribution in [0, 0.1) is 13.8 Å². The minimum absolute atomic E-state index is 0.144. The van der Waals surface area contributed by atoms with Gasteiger partial charge in [0.25, 0.3) is 5.91 Å². The fourth-order valence-corrected chi connectivity index (χ4v) is 8.83. The molecule has 3 fully saturated rings. The van der Waals surface area contributed by atoms with Crippen molar-refractivity contribution in [2.45, 2.75) is 90.3 Å². The van der Waals surface area contributed by atoms with Gasteiger partial charge in [0.2, 0.25) is 23.5 Å². The lowest BCUT2D eigenvalue weighted by Crippen LogP contribution is -2.52. The smallest absolute Gasteiger partial charge is 0.323 e. The first-order valence-electron chi connectivity index (χ1n) is 21.3. The molecule has 2 unspecified atom stereocenters. The number of fused-ring (bicyclic) bond motifs is 2. The summed E-state index contributed by atoms with van der Waals surface area (Å²) in [6.07, 6.45) is 10.3. The number of aromatic nitrogens is 6. The third kappa shape index (κ3) is 8.68. The van der Waals surface area contributed by atoms with Crippen molar-refractivity contribution in [2.24, 2.45) is 0 Å². The molecule has 9 rings (SSSR count). The molecule has 0 saturated carbocycles. The molecule has 318 valence electrons. The number of benzene rings is 1. The van der Waals surface area contributed by atoms with Gasteiger partial charge in [-0.05, 0) is 87.9 Å². The first-order valence-corrected chi connectivity index (χ1v) is 21.3. The van der Waals surface area contributed by atoms with Gasteiger partial charge in [0.1, 0.15) is 17.8 Å². The highest BCUT2D eigenvalue weighted by molar-refractivity contribution is 6.05. The normalized spacial score (nSPS) is 19.5. The number of rotatable bonds is 13. The topological polar surface area (TPSA) is 205 Å². The van der Waals surface area contributed by atoms with E-state index in [1.165, 1.54) is 0 Å². The maximum absolute atomic E-state index is 13.1. The molecule has 1 aromatic carbocycles. The highest BCUT2D eigenvalue weighted by atomic mass is 16.5. The van der Waals surface area contributed by atoms with E-state index >= 15 is 0 Å². The van der Waals surface area contributed by atoms with Crippen LogP contribution in [0.15, 0.2) is 47.2 Å². The standard InChI is InChI=1S/C43H50N12O6/c1-26-20-29(46-43(59)47-32-24-44-35-21-27(2)50-55(35)39(32)34-8-7-19-60-34)23-45-38(26)40-49-37(61-51-40)9-5-3-4-6-14-52-15-17-53(18-16-52)30-10-11-31-28(22-30)25-54(42(31)58)33-12-13-36(56)48-41(33)57/h10-11,20-24,33-34H,3-9,12-19,25H2,1-2H3,(H2,46,47,59)(H,48,56,57). The van der Waals surface area contributed by atoms with Gasteiger partial charge in [-0.15, -0.1) is 0 Å². The summed E-state index contributed by atoms with van der Waals surface area (Å²) in [5, 5.41) is 17.0. The Morgan fingerprint density at radius 2 is 1.80 bits per heavy atom. The van der Waals surface area contributed by atoms with Crippen LogP contribution >= 0.6 is 0 Å². The minimum atomic E-state index is -0.604. The van der Waals surface area contributed by atoms with Crippen LogP contribution in [0.2, 0.25) is 0 Å². The molecular weight excluding hydrogens is 781 g/mol. The second-order valence-electron chi connectivity index (χ2n) is 16.3. The first kappa shape index (κ1) is 40.2. The number of ether oxygens (including phenoxy) is 1. The molecule has 0 bridgehead atoms. The van der Waals surface area contributed by atoms with Crippen molar-refractivity contribution in [2.75, 3.05) is 54.9 Å². The largest absolute Gasteiger partial charge is 0.372 e. The van der Waals surface area contributed by atoms with E-state index in [0.29, 0.717) is 66.0 Å². The summed E-state index contributed by atoms with van der Waals surface area (Å²) in [6.45, 7) is 9.65. The number of aryl methyl sites for hydroxylation is 3. The molecule has 0 radical (unpaired) electrons. The van der Waals surface area contributed by atoms with Crippen molar-refractivity contribution in [3.63, 3.8) is 0 Å². The molecular formula is C43H50N12O6. The average Bonchev–Trinajstić information content (AvgIpc) is 4.07. The molecule has 0 spiro atoms. The number of nitrogens with one attached hydrogen (secondary N) is 3. The van der Waals surface area contributed by atoms with Gasteiger partial charge in [0.05, 0.1) is 35.2 Å². The summed E-state index contributed by atoms with van der Waals surface area (Å²) in [5.74, 6) is 0.178. The van der Waals surface area contributed by atoms with Crippen molar-refractivity contribution < 1.29 is 28.4 Å². The van der Waals surface area contributed by atoms with E-state index in [-0.39, 0.29) is 30.2 Å². The third-order valence-electron chi connectivity index (χ3n) is 12.0. The molecule has 3 N–H and O–H groups in total. The fourth-order valence-electron chi connectivity index (χ4n) is 8.83. The number of anilines is 3. The lowest BCUT2D eigenvalue weighted by atomic mass is 10.0. The van der Waals surface area contributed by atoms with Gasteiger partial charge in [-0.3, -0.25) is 29.6 Å². The monoisotopic (exact) mass is 830 g/mol. The Labute approximate surface area is 352 Å². The summed E-state index contributed by atoms with van der Waals surface area (Å²) >= 11 is 0. The van der Waals surface area contributed by atoms with Gasteiger partial charge in [0.15, 0.2) is 5.65 Å². The quantitative estimate of drug-likeness (QED) is 0.106. The number of piperazine rings is 1. The highest BCUT2D eigenvalue weighted by Gasteiger charge is 2.39. The number of imide groups is 1. The van der Waals surface area contributed by atoms with Crippen molar-refractivity contribution in [3.05, 3.63) is 76.7 Å². The van der Waals surface area contributed by atoms with E-state index in [0.717, 1.165) is 99.5 Å². The summed E-state index contributed by atoms with van der Waals surface area (Å²) in [6, 6.07) is 8.66. The summed E-state index contributed by atoms with van der Waals surface area (Å²) in [7, 11) is 0. The molecule has 18 nitrogen and oxygen atoms in total.